The first-order valence-corrected chi connectivity index (χ1v) is 5.83. The Morgan fingerprint density at radius 2 is 2.18 bits per heavy atom. The molecule has 0 aromatic carbocycles. The second-order valence-corrected chi connectivity index (χ2v) is 5.21. The van der Waals surface area contributed by atoms with Crippen molar-refractivity contribution >= 4 is 0 Å². The molecule has 0 aliphatic heterocycles. The van der Waals surface area contributed by atoms with Gasteiger partial charge in [0.1, 0.15) is 0 Å². The van der Waals surface area contributed by atoms with Gasteiger partial charge in [-0.25, -0.2) is 0 Å². The highest BCUT2D eigenvalue weighted by Gasteiger charge is 2.10. The van der Waals surface area contributed by atoms with Gasteiger partial charge in [-0.05, 0) is 32.9 Å². The van der Waals surface area contributed by atoms with Crippen molar-refractivity contribution < 1.29 is 4.52 Å². The predicted molar refractivity (Wildman–Crippen MR) is 66.6 cm³/mol. The van der Waals surface area contributed by atoms with E-state index in [1.54, 1.807) is 6.20 Å². The van der Waals surface area contributed by atoms with Gasteiger partial charge >= 0.3 is 0 Å². The molecule has 0 fully saturated rings. The van der Waals surface area contributed by atoms with E-state index < -0.39 is 0 Å². The first-order valence-electron chi connectivity index (χ1n) is 5.83. The van der Waals surface area contributed by atoms with Crippen LogP contribution in [0.25, 0.3) is 0 Å². The van der Waals surface area contributed by atoms with Crippen LogP contribution >= 0.6 is 0 Å². The van der Waals surface area contributed by atoms with E-state index in [1.165, 1.54) is 5.69 Å². The molecule has 17 heavy (non-hydrogen) atoms. The summed E-state index contributed by atoms with van der Waals surface area (Å²) in [5.74, 6) is 0.873. The van der Waals surface area contributed by atoms with E-state index in [2.05, 4.69) is 54.1 Å². The topological polar surface area (TPSA) is 43.0 Å². The fourth-order valence-corrected chi connectivity index (χ4v) is 1.61. The van der Waals surface area contributed by atoms with Crippen LogP contribution in [0.15, 0.2) is 35.1 Å². The van der Waals surface area contributed by atoms with Crippen molar-refractivity contribution in [3.8, 4) is 0 Å². The first-order chi connectivity index (χ1) is 8.04. The molecule has 2 rings (SSSR count). The number of nitrogens with zero attached hydrogens (tertiary/aromatic N) is 2. The maximum absolute atomic E-state index is 5.12. The molecule has 0 atom stereocenters. The van der Waals surface area contributed by atoms with Crippen LogP contribution in [0.4, 0.5) is 0 Å². The quantitative estimate of drug-likeness (QED) is 0.882. The smallest absolute Gasteiger partial charge is 0.156 e. The Kier molecular flexibility index (Phi) is 3.33. The summed E-state index contributed by atoms with van der Waals surface area (Å²) in [4.78, 5) is 0. The van der Waals surface area contributed by atoms with E-state index in [-0.39, 0.29) is 5.54 Å². The predicted octanol–water partition coefficient (Wildman–Crippen LogP) is 2.41. The monoisotopic (exact) mass is 233 g/mol. The van der Waals surface area contributed by atoms with Gasteiger partial charge in [0.25, 0.3) is 0 Å². The Bertz CT molecular complexity index is 451. The SMILES string of the molecule is CC(C)(C)NCc1cccn1Cc1ccno1. The minimum Gasteiger partial charge on any atom is -0.359 e. The molecular formula is C13H19N3O. The summed E-state index contributed by atoms with van der Waals surface area (Å²) in [5.41, 5.74) is 1.37. The van der Waals surface area contributed by atoms with E-state index >= 15 is 0 Å². The summed E-state index contributed by atoms with van der Waals surface area (Å²) in [6.07, 6.45) is 3.73. The van der Waals surface area contributed by atoms with E-state index in [0.717, 1.165) is 18.8 Å². The molecule has 0 bridgehead atoms. The molecule has 2 aromatic heterocycles. The van der Waals surface area contributed by atoms with Crippen LogP contribution in [-0.4, -0.2) is 15.3 Å². The fraction of sp³-hybridized carbons (Fsp3) is 0.462. The zero-order valence-electron chi connectivity index (χ0n) is 10.6. The molecule has 0 aliphatic carbocycles. The standard InChI is InChI=1S/C13H19N3O/c1-13(2,3)14-9-11-5-4-8-16(11)10-12-6-7-15-17-12/h4-8,14H,9-10H2,1-3H3. The van der Waals surface area contributed by atoms with Crippen LogP contribution in [0, 0.1) is 0 Å². The van der Waals surface area contributed by atoms with Crippen LogP contribution in [0.2, 0.25) is 0 Å². The molecule has 0 spiro atoms. The molecular weight excluding hydrogens is 214 g/mol. The third-order valence-electron chi connectivity index (χ3n) is 2.54. The first kappa shape index (κ1) is 11.9. The fourth-order valence-electron chi connectivity index (χ4n) is 1.61. The van der Waals surface area contributed by atoms with E-state index in [1.807, 2.05) is 6.07 Å². The highest BCUT2D eigenvalue weighted by atomic mass is 16.5. The van der Waals surface area contributed by atoms with Gasteiger partial charge in [0.2, 0.25) is 0 Å². The Labute approximate surface area is 102 Å². The Morgan fingerprint density at radius 3 is 2.82 bits per heavy atom. The molecule has 92 valence electrons. The molecule has 0 saturated heterocycles. The largest absolute Gasteiger partial charge is 0.359 e. The summed E-state index contributed by atoms with van der Waals surface area (Å²) in [6, 6.07) is 6.06. The van der Waals surface area contributed by atoms with E-state index in [4.69, 9.17) is 4.52 Å². The average Bonchev–Trinajstić information content (AvgIpc) is 2.86. The summed E-state index contributed by atoms with van der Waals surface area (Å²) < 4.78 is 7.28. The van der Waals surface area contributed by atoms with Crippen molar-refractivity contribution in [1.29, 1.82) is 0 Å². The lowest BCUT2D eigenvalue weighted by atomic mass is 10.1. The molecule has 4 nitrogen and oxygen atoms in total. The third kappa shape index (κ3) is 3.46. The van der Waals surface area contributed by atoms with E-state index in [0.29, 0.717) is 0 Å². The van der Waals surface area contributed by atoms with Crippen molar-refractivity contribution in [1.82, 2.24) is 15.0 Å². The third-order valence-corrected chi connectivity index (χ3v) is 2.54. The van der Waals surface area contributed by atoms with Crippen LogP contribution < -0.4 is 5.32 Å². The molecule has 0 saturated carbocycles. The Balaban J connectivity index is 2.02. The van der Waals surface area contributed by atoms with Gasteiger partial charge in [0.05, 0.1) is 12.7 Å². The van der Waals surface area contributed by atoms with Crippen LogP contribution in [0.1, 0.15) is 32.2 Å². The molecule has 4 heteroatoms. The number of rotatable bonds is 4. The van der Waals surface area contributed by atoms with Crippen LogP contribution in [-0.2, 0) is 13.1 Å². The number of aromatic nitrogens is 2. The molecule has 2 heterocycles. The minimum atomic E-state index is 0.126. The maximum Gasteiger partial charge on any atom is 0.156 e. The van der Waals surface area contributed by atoms with Crippen molar-refractivity contribution in [3.05, 3.63) is 42.0 Å². The van der Waals surface area contributed by atoms with Crippen molar-refractivity contribution in [2.24, 2.45) is 0 Å². The number of nitrogens with one attached hydrogen (secondary N) is 1. The van der Waals surface area contributed by atoms with Crippen LogP contribution in [0.5, 0.6) is 0 Å². The molecule has 2 aromatic rings. The van der Waals surface area contributed by atoms with Gasteiger partial charge in [0, 0.05) is 30.0 Å². The molecule has 0 unspecified atom stereocenters. The summed E-state index contributed by atoms with van der Waals surface area (Å²) in [7, 11) is 0. The zero-order valence-corrected chi connectivity index (χ0v) is 10.6. The Morgan fingerprint density at radius 1 is 1.35 bits per heavy atom. The van der Waals surface area contributed by atoms with E-state index in [9.17, 15) is 0 Å². The summed E-state index contributed by atoms with van der Waals surface area (Å²) in [6.45, 7) is 8.07. The van der Waals surface area contributed by atoms with Gasteiger partial charge in [-0.2, -0.15) is 0 Å². The second kappa shape index (κ2) is 4.75. The second-order valence-electron chi connectivity index (χ2n) is 5.21. The lowest BCUT2D eigenvalue weighted by Gasteiger charge is -2.21. The zero-order chi connectivity index (χ0) is 12.3. The Hall–Kier alpha value is -1.55. The average molecular weight is 233 g/mol. The van der Waals surface area contributed by atoms with Gasteiger partial charge in [0.15, 0.2) is 5.76 Å². The van der Waals surface area contributed by atoms with Gasteiger partial charge in [-0.3, -0.25) is 0 Å². The van der Waals surface area contributed by atoms with Crippen molar-refractivity contribution in [2.75, 3.05) is 0 Å². The highest BCUT2D eigenvalue weighted by molar-refractivity contribution is 5.10. The van der Waals surface area contributed by atoms with Gasteiger partial charge < -0.3 is 14.4 Å². The number of hydrogen-bond acceptors (Lipinski definition) is 3. The lowest BCUT2D eigenvalue weighted by molar-refractivity contribution is 0.372. The van der Waals surface area contributed by atoms with Crippen molar-refractivity contribution in [3.63, 3.8) is 0 Å². The molecule has 1 N–H and O–H groups in total. The maximum atomic E-state index is 5.12. The molecule has 0 amide bonds. The van der Waals surface area contributed by atoms with Crippen LogP contribution in [0.3, 0.4) is 0 Å². The summed E-state index contributed by atoms with van der Waals surface area (Å²) in [5, 5.41) is 7.19. The van der Waals surface area contributed by atoms with Gasteiger partial charge in [-0.1, -0.05) is 5.16 Å². The highest BCUT2D eigenvalue weighted by Crippen LogP contribution is 2.09. The van der Waals surface area contributed by atoms with Gasteiger partial charge in [-0.15, -0.1) is 0 Å². The summed E-state index contributed by atoms with van der Waals surface area (Å²) >= 11 is 0. The minimum absolute atomic E-state index is 0.126. The lowest BCUT2D eigenvalue weighted by Crippen LogP contribution is -2.35. The van der Waals surface area contributed by atoms with Crippen molar-refractivity contribution in [2.45, 2.75) is 39.4 Å². The molecule has 0 aliphatic rings. The number of hydrogen-bond donors (Lipinski definition) is 1. The molecule has 0 radical (unpaired) electrons. The normalized spacial score (nSPS) is 11.9.